The molecular formula is C24H22N2O2. The van der Waals surface area contributed by atoms with E-state index in [4.69, 9.17) is 0 Å². The van der Waals surface area contributed by atoms with Crippen molar-refractivity contribution >= 4 is 22.1 Å². The maximum Gasteiger partial charge on any atom is 0.269 e. The van der Waals surface area contributed by atoms with Crippen molar-refractivity contribution in [2.75, 3.05) is 5.32 Å². The fourth-order valence-electron chi connectivity index (χ4n) is 6.42. The summed E-state index contributed by atoms with van der Waals surface area (Å²) in [5.74, 6) is 2.31. The molecule has 4 nitrogen and oxygen atoms in total. The molecule has 6 rings (SSSR count). The van der Waals surface area contributed by atoms with Crippen LogP contribution in [0.25, 0.3) is 10.8 Å². The van der Waals surface area contributed by atoms with Gasteiger partial charge in [0.2, 0.25) is 0 Å². The molecule has 2 saturated carbocycles. The molecule has 1 N–H and O–H groups in total. The van der Waals surface area contributed by atoms with Gasteiger partial charge in [0, 0.05) is 17.8 Å². The average Bonchev–Trinajstić information content (AvgIpc) is 3.35. The first-order chi connectivity index (χ1) is 13.7. The van der Waals surface area contributed by atoms with E-state index in [-0.39, 0.29) is 16.7 Å². The zero-order valence-electron chi connectivity index (χ0n) is 15.5. The van der Waals surface area contributed by atoms with E-state index in [1.807, 2.05) is 12.1 Å². The van der Waals surface area contributed by atoms with Crippen LogP contribution in [0.5, 0.6) is 0 Å². The quantitative estimate of drug-likeness (QED) is 0.442. The number of fused-ring (bicyclic) bond motifs is 8. The number of nitro groups is 1. The van der Waals surface area contributed by atoms with Crippen LogP contribution in [-0.2, 0) is 0 Å². The second-order valence-electron chi connectivity index (χ2n) is 8.66. The molecule has 1 aliphatic heterocycles. The number of benzene rings is 3. The average molecular weight is 370 g/mol. The molecule has 28 heavy (non-hydrogen) atoms. The van der Waals surface area contributed by atoms with E-state index in [0.717, 1.165) is 5.69 Å². The summed E-state index contributed by atoms with van der Waals surface area (Å²) in [6, 6.07) is 20.9. The minimum atomic E-state index is -0.265. The molecule has 5 atom stereocenters. The third-order valence-electron chi connectivity index (χ3n) is 7.44. The summed E-state index contributed by atoms with van der Waals surface area (Å²) < 4.78 is 0. The van der Waals surface area contributed by atoms with E-state index in [0.29, 0.717) is 23.7 Å². The van der Waals surface area contributed by atoms with E-state index in [1.165, 1.54) is 41.2 Å². The van der Waals surface area contributed by atoms with Crippen molar-refractivity contribution in [1.29, 1.82) is 0 Å². The van der Waals surface area contributed by atoms with Crippen LogP contribution in [0.15, 0.2) is 60.7 Å². The lowest BCUT2D eigenvalue weighted by Gasteiger charge is -2.43. The van der Waals surface area contributed by atoms with E-state index in [9.17, 15) is 10.1 Å². The van der Waals surface area contributed by atoms with Crippen molar-refractivity contribution in [3.63, 3.8) is 0 Å². The largest absolute Gasteiger partial charge is 0.378 e. The molecule has 3 aromatic rings. The molecule has 1 heterocycles. The lowest BCUT2D eigenvalue weighted by atomic mass is 9.67. The number of nitro benzene ring substituents is 1. The van der Waals surface area contributed by atoms with E-state index >= 15 is 0 Å². The molecule has 2 fully saturated rings. The summed E-state index contributed by atoms with van der Waals surface area (Å²) >= 11 is 0. The molecule has 4 heteroatoms. The van der Waals surface area contributed by atoms with Gasteiger partial charge in [-0.25, -0.2) is 0 Å². The fourth-order valence-corrected chi connectivity index (χ4v) is 6.42. The molecular weight excluding hydrogens is 348 g/mol. The number of rotatable bonds is 2. The summed E-state index contributed by atoms with van der Waals surface area (Å²) in [6.45, 7) is 0. The monoisotopic (exact) mass is 370 g/mol. The third-order valence-corrected chi connectivity index (χ3v) is 7.44. The number of nitrogens with one attached hydrogen (secondary N) is 1. The summed E-state index contributed by atoms with van der Waals surface area (Å²) in [4.78, 5) is 11.1. The predicted octanol–water partition coefficient (Wildman–Crippen LogP) is 6.04. The van der Waals surface area contributed by atoms with Gasteiger partial charge in [0.25, 0.3) is 5.69 Å². The first-order valence-electron chi connectivity index (χ1n) is 10.2. The summed E-state index contributed by atoms with van der Waals surface area (Å²) in [5, 5.41) is 17.7. The molecule has 3 aliphatic rings. The minimum Gasteiger partial charge on any atom is -0.378 e. The first-order valence-corrected chi connectivity index (χ1v) is 10.2. The molecule has 0 aromatic heterocycles. The lowest BCUT2D eigenvalue weighted by molar-refractivity contribution is -0.384. The number of hydrogen-bond donors (Lipinski definition) is 1. The van der Waals surface area contributed by atoms with Crippen molar-refractivity contribution in [3.8, 4) is 0 Å². The number of non-ortho nitro benzene ring substituents is 1. The SMILES string of the molecule is O=[N+]([O-])c1ccc2c(c1)[C@@H]1[C@H]3CC[C@@H](C3)[C@H]1[C@@H](c1cccc3ccccc13)N2. The van der Waals surface area contributed by atoms with Crippen molar-refractivity contribution in [3.05, 3.63) is 81.9 Å². The Balaban J connectivity index is 1.54. The Labute approximate surface area is 163 Å². The predicted molar refractivity (Wildman–Crippen MR) is 110 cm³/mol. The Morgan fingerprint density at radius 1 is 0.929 bits per heavy atom. The normalized spacial score (nSPS) is 29.9. The number of anilines is 1. The highest BCUT2D eigenvalue weighted by Gasteiger charge is 2.54. The Hall–Kier alpha value is -2.88. The topological polar surface area (TPSA) is 55.2 Å². The van der Waals surface area contributed by atoms with Crippen molar-refractivity contribution < 1.29 is 4.92 Å². The second-order valence-corrected chi connectivity index (χ2v) is 8.66. The molecule has 0 radical (unpaired) electrons. The molecule has 3 aromatic carbocycles. The fraction of sp³-hybridized carbons (Fsp3) is 0.333. The highest BCUT2D eigenvalue weighted by atomic mass is 16.6. The van der Waals surface area contributed by atoms with E-state index in [2.05, 4.69) is 47.8 Å². The van der Waals surface area contributed by atoms with Crippen LogP contribution in [0.1, 0.15) is 42.3 Å². The van der Waals surface area contributed by atoms with Gasteiger partial charge in [-0.15, -0.1) is 0 Å². The van der Waals surface area contributed by atoms with Gasteiger partial charge in [-0.05, 0) is 70.9 Å². The van der Waals surface area contributed by atoms with Crippen LogP contribution in [0.4, 0.5) is 11.4 Å². The van der Waals surface area contributed by atoms with Crippen LogP contribution in [-0.4, -0.2) is 4.92 Å². The maximum absolute atomic E-state index is 11.4. The molecule has 0 spiro atoms. The standard InChI is InChI=1S/C24H22N2O2/c27-26(28)17-10-11-21-20(13-17)22-15-8-9-16(12-15)23(22)24(25-21)19-7-3-5-14-4-1-2-6-18(14)19/h1-7,10-11,13,15-16,22-25H,8-9,12H2/t15-,16-,22-,23+,24+/m0/s1. The van der Waals surface area contributed by atoms with Crippen molar-refractivity contribution in [1.82, 2.24) is 0 Å². The lowest BCUT2D eigenvalue weighted by Crippen LogP contribution is -2.35. The smallest absolute Gasteiger partial charge is 0.269 e. The van der Waals surface area contributed by atoms with E-state index in [1.54, 1.807) is 6.07 Å². The highest BCUT2D eigenvalue weighted by molar-refractivity contribution is 5.86. The van der Waals surface area contributed by atoms with Crippen molar-refractivity contribution in [2.45, 2.75) is 31.2 Å². The van der Waals surface area contributed by atoms with Gasteiger partial charge in [0.05, 0.1) is 11.0 Å². The maximum atomic E-state index is 11.4. The van der Waals surface area contributed by atoms with Gasteiger partial charge >= 0.3 is 0 Å². The Morgan fingerprint density at radius 2 is 1.75 bits per heavy atom. The van der Waals surface area contributed by atoms with Crippen molar-refractivity contribution in [2.24, 2.45) is 17.8 Å². The summed E-state index contributed by atoms with van der Waals surface area (Å²) in [5.41, 5.74) is 3.83. The molecule has 0 saturated heterocycles. The molecule has 2 bridgehead atoms. The minimum absolute atomic E-state index is 0.214. The van der Waals surface area contributed by atoms with Crippen LogP contribution >= 0.6 is 0 Å². The molecule has 0 unspecified atom stereocenters. The van der Waals surface area contributed by atoms with Gasteiger partial charge in [-0.2, -0.15) is 0 Å². The third kappa shape index (κ3) is 2.17. The van der Waals surface area contributed by atoms with Gasteiger partial charge in [0.15, 0.2) is 0 Å². The zero-order chi connectivity index (χ0) is 18.8. The first kappa shape index (κ1) is 16.1. The second kappa shape index (κ2) is 5.81. The van der Waals surface area contributed by atoms with E-state index < -0.39 is 0 Å². The Kier molecular flexibility index (Phi) is 3.34. The van der Waals surface area contributed by atoms with Gasteiger partial charge < -0.3 is 5.32 Å². The van der Waals surface area contributed by atoms with Gasteiger partial charge in [-0.1, -0.05) is 42.5 Å². The Morgan fingerprint density at radius 3 is 2.64 bits per heavy atom. The zero-order valence-corrected chi connectivity index (χ0v) is 15.5. The van der Waals surface area contributed by atoms with Crippen LogP contribution < -0.4 is 5.32 Å². The van der Waals surface area contributed by atoms with Crippen LogP contribution in [0, 0.1) is 27.9 Å². The number of hydrogen-bond acceptors (Lipinski definition) is 3. The Bertz CT molecular complexity index is 1100. The molecule has 2 aliphatic carbocycles. The molecule has 140 valence electrons. The van der Waals surface area contributed by atoms with Crippen LogP contribution in [0.2, 0.25) is 0 Å². The molecule has 0 amide bonds. The number of nitrogens with zero attached hydrogens (tertiary/aromatic N) is 1. The van der Waals surface area contributed by atoms with Crippen LogP contribution in [0.3, 0.4) is 0 Å². The van der Waals surface area contributed by atoms with Gasteiger partial charge in [0.1, 0.15) is 0 Å². The highest BCUT2D eigenvalue weighted by Crippen LogP contribution is 2.64. The summed E-state index contributed by atoms with van der Waals surface area (Å²) in [6.07, 6.45) is 3.82. The summed E-state index contributed by atoms with van der Waals surface area (Å²) in [7, 11) is 0. The van der Waals surface area contributed by atoms with Gasteiger partial charge in [-0.3, -0.25) is 10.1 Å².